The molecular weight excluding hydrogens is 395 g/mol. The maximum absolute atomic E-state index is 11.9. The molecular formula is C18H16Cl2N2O3S. The summed E-state index contributed by atoms with van der Waals surface area (Å²) in [7, 11) is -2.70. The van der Waals surface area contributed by atoms with Crippen molar-refractivity contribution in [1.29, 1.82) is 0 Å². The van der Waals surface area contributed by atoms with E-state index in [9.17, 15) is 13.0 Å². The van der Waals surface area contributed by atoms with Gasteiger partial charge in [-0.25, -0.2) is 0 Å². The highest BCUT2D eigenvalue weighted by Gasteiger charge is 2.25. The molecule has 136 valence electrons. The molecule has 0 radical (unpaired) electrons. The standard InChI is InChI=1S/C18H16Cl2N2O3S/c1-10-4-7-16(26(23,24)25)14(8-10)18-17(11(2)21-22(18)3)13-6-5-12(19)9-15(13)20/h4-9H,1-3H3,(H,23,24,25). The molecule has 0 bridgehead atoms. The first-order valence-corrected chi connectivity index (χ1v) is 9.86. The van der Waals surface area contributed by atoms with Gasteiger partial charge in [0.15, 0.2) is 0 Å². The Morgan fingerprint density at radius 3 is 2.35 bits per heavy atom. The molecule has 26 heavy (non-hydrogen) atoms. The van der Waals surface area contributed by atoms with Crippen molar-refractivity contribution >= 4 is 33.3 Å². The molecule has 0 atom stereocenters. The predicted octanol–water partition coefficient (Wildman–Crippen LogP) is 4.92. The van der Waals surface area contributed by atoms with E-state index in [4.69, 9.17) is 23.2 Å². The van der Waals surface area contributed by atoms with Crippen LogP contribution in [0.2, 0.25) is 10.0 Å². The Kier molecular flexibility index (Phi) is 4.88. The SMILES string of the molecule is Cc1ccc(S(=O)(=O)O)c(-c2c(-c3ccc(Cl)cc3Cl)c(C)nn2C)c1. The van der Waals surface area contributed by atoms with Crippen LogP contribution >= 0.6 is 23.2 Å². The van der Waals surface area contributed by atoms with E-state index in [0.717, 1.165) is 5.56 Å². The fraction of sp³-hybridized carbons (Fsp3) is 0.167. The van der Waals surface area contributed by atoms with Crippen molar-refractivity contribution in [2.45, 2.75) is 18.7 Å². The van der Waals surface area contributed by atoms with E-state index in [0.29, 0.717) is 38.1 Å². The molecule has 5 nitrogen and oxygen atoms in total. The van der Waals surface area contributed by atoms with Crippen LogP contribution in [0, 0.1) is 13.8 Å². The molecule has 1 aromatic heterocycles. The molecule has 8 heteroatoms. The van der Waals surface area contributed by atoms with Gasteiger partial charge in [-0.1, -0.05) is 40.9 Å². The average Bonchev–Trinajstić information content (AvgIpc) is 2.80. The van der Waals surface area contributed by atoms with Crippen molar-refractivity contribution in [3.05, 3.63) is 57.7 Å². The van der Waals surface area contributed by atoms with Gasteiger partial charge in [-0.05, 0) is 38.1 Å². The van der Waals surface area contributed by atoms with E-state index in [2.05, 4.69) is 5.10 Å². The van der Waals surface area contributed by atoms with Crippen LogP contribution in [0.15, 0.2) is 41.3 Å². The lowest BCUT2D eigenvalue weighted by atomic mass is 9.98. The Labute approximate surface area is 161 Å². The zero-order chi connectivity index (χ0) is 19.2. The second-order valence-electron chi connectivity index (χ2n) is 6.03. The molecule has 0 spiro atoms. The number of hydrogen-bond donors (Lipinski definition) is 1. The normalized spacial score (nSPS) is 11.8. The summed E-state index contributed by atoms with van der Waals surface area (Å²) in [5.74, 6) is 0. The molecule has 0 aliphatic heterocycles. The Morgan fingerprint density at radius 2 is 1.73 bits per heavy atom. The molecule has 2 aromatic carbocycles. The van der Waals surface area contributed by atoms with Gasteiger partial charge in [-0.2, -0.15) is 13.5 Å². The maximum Gasteiger partial charge on any atom is 0.295 e. The van der Waals surface area contributed by atoms with Crippen LogP contribution in [-0.4, -0.2) is 22.8 Å². The number of hydrogen-bond acceptors (Lipinski definition) is 3. The van der Waals surface area contributed by atoms with Gasteiger partial charge in [0.2, 0.25) is 0 Å². The third kappa shape index (κ3) is 3.38. The molecule has 0 saturated heterocycles. The fourth-order valence-corrected chi connectivity index (χ4v) is 4.21. The van der Waals surface area contributed by atoms with Crippen LogP contribution < -0.4 is 0 Å². The predicted molar refractivity (Wildman–Crippen MR) is 103 cm³/mol. The lowest BCUT2D eigenvalue weighted by molar-refractivity contribution is 0.483. The quantitative estimate of drug-likeness (QED) is 0.621. The highest BCUT2D eigenvalue weighted by molar-refractivity contribution is 7.86. The van der Waals surface area contributed by atoms with Gasteiger partial charge in [0.05, 0.1) is 16.4 Å². The van der Waals surface area contributed by atoms with Crippen LogP contribution in [0.25, 0.3) is 22.4 Å². The molecule has 1 N–H and O–H groups in total. The van der Waals surface area contributed by atoms with Gasteiger partial charge >= 0.3 is 0 Å². The van der Waals surface area contributed by atoms with Gasteiger partial charge < -0.3 is 0 Å². The van der Waals surface area contributed by atoms with Gasteiger partial charge in [0, 0.05) is 28.8 Å². The minimum Gasteiger partial charge on any atom is -0.282 e. The first-order valence-electron chi connectivity index (χ1n) is 7.67. The average molecular weight is 411 g/mol. The Bertz CT molecular complexity index is 1120. The number of rotatable bonds is 3. The zero-order valence-electron chi connectivity index (χ0n) is 14.3. The molecule has 0 aliphatic carbocycles. The first-order chi connectivity index (χ1) is 12.1. The van der Waals surface area contributed by atoms with Crippen molar-refractivity contribution < 1.29 is 13.0 Å². The summed E-state index contributed by atoms with van der Waals surface area (Å²) in [6.45, 7) is 3.65. The lowest BCUT2D eigenvalue weighted by Crippen LogP contribution is -2.04. The summed E-state index contributed by atoms with van der Waals surface area (Å²) in [4.78, 5) is -0.183. The summed E-state index contributed by atoms with van der Waals surface area (Å²) in [5, 5.41) is 5.35. The van der Waals surface area contributed by atoms with E-state index < -0.39 is 10.1 Å². The van der Waals surface area contributed by atoms with Gasteiger partial charge in [-0.15, -0.1) is 0 Å². The summed E-state index contributed by atoms with van der Waals surface area (Å²) in [6.07, 6.45) is 0. The first kappa shape index (κ1) is 18.9. The van der Waals surface area contributed by atoms with E-state index >= 15 is 0 Å². The van der Waals surface area contributed by atoms with Crippen LogP contribution in [-0.2, 0) is 17.2 Å². The Morgan fingerprint density at radius 1 is 1.04 bits per heavy atom. The largest absolute Gasteiger partial charge is 0.295 e. The zero-order valence-corrected chi connectivity index (χ0v) is 16.6. The second kappa shape index (κ2) is 6.70. The summed E-state index contributed by atoms with van der Waals surface area (Å²) >= 11 is 12.4. The number of aryl methyl sites for hydroxylation is 3. The third-order valence-electron chi connectivity index (χ3n) is 4.09. The van der Waals surface area contributed by atoms with E-state index in [1.807, 2.05) is 13.8 Å². The lowest BCUT2D eigenvalue weighted by Gasteiger charge is -2.13. The minimum absolute atomic E-state index is 0.183. The molecule has 0 aliphatic rings. The molecule has 0 unspecified atom stereocenters. The summed E-state index contributed by atoms with van der Waals surface area (Å²) in [6, 6.07) is 9.81. The Hall–Kier alpha value is -1.86. The molecule has 3 aromatic rings. The molecule has 0 saturated carbocycles. The second-order valence-corrected chi connectivity index (χ2v) is 8.27. The number of nitrogens with zero attached hydrogens (tertiary/aromatic N) is 2. The topological polar surface area (TPSA) is 72.2 Å². The molecule has 1 heterocycles. The fourth-order valence-electron chi connectivity index (χ4n) is 3.04. The van der Waals surface area contributed by atoms with Crippen molar-refractivity contribution in [3.8, 4) is 22.4 Å². The monoisotopic (exact) mass is 410 g/mol. The van der Waals surface area contributed by atoms with Gasteiger partial charge in [0.25, 0.3) is 10.1 Å². The van der Waals surface area contributed by atoms with Crippen LogP contribution in [0.5, 0.6) is 0 Å². The van der Waals surface area contributed by atoms with Gasteiger partial charge in [0.1, 0.15) is 4.90 Å². The van der Waals surface area contributed by atoms with Crippen LogP contribution in [0.3, 0.4) is 0 Å². The third-order valence-corrected chi connectivity index (χ3v) is 5.55. The van der Waals surface area contributed by atoms with Crippen LogP contribution in [0.1, 0.15) is 11.3 Å². The summed E-state index contributed by atoms with van der Waals surface area (Å²) < 4.78 is 35.1. The number of halogens is 2. The summed E-state index contributed by atoms with van der Waals surface area (Å²) in [5.41, 5.74) is 3.79. The minimum atomic E-state index is -4.42. The van der Waals surface area contributed by atoms with Crippen molar-refractivity contribution in [2.75, 3.05) is 0 Å². The molecule has 0 amide bonds. The highest BCUT2D eigenvalue weighted by Crippen LogP contribution is 2.41. The van der Waals surface area contributed by atoms with Crippen LogP contribution in [0.4, 0.5) is 0 Å². The van der Waals surface area contributed by atoms with Crippen molar-refractivity contribution in [2.24, 2.45) is 7.05 Å². The van der Waals surface area contributed by atoms with Crippen molar-refractivity contribution in [3.63, 3.8) is 0 Å². The van der Waals surface area contributed by atoms with E-state index in [1.165, 1.54) is 6.07 Å². The van der Waals surface area contributed by atoms with E-state index in [-0.39, 0.29) is 4.90 Å². The number of aromatic nitrogens is 2. The van der Waals surface area contributed by atoms with Crippen molar-refractivity contribution in [1.82, 2.24) is 9.78 Å². The highest BCUT2D eigenvalue weighted by atomic mass is 35.5. The maximum atomic E-state index is 11.9. The number of benzene rings is 2. The van der Waals surface area contributed by atoms with E-state index in [1.54, 1.807) is 42.1 Å². The smallest absolute Gasteiger partial charge is 0.282 e. The Balaban J connectivity index is 2.41. The molecule has 3 rings (SSSR count). The van der Waals surface area contributed by atoms with Gasteiger partial charge in [-0.3, -0.25) is 9.23 Å². The molecule has 0 fully saturated rings.